The van der Waals surface area contributed by atoms with Gasteiger partial charge in [0.05, 0.1) is 4.92 Å². The number of halogens is 2. The van der Waals surface area contributed by atoms with E-state index in [4.69, 9.17) is 10.5 Å². The van der Waals surface area contributed by atoms with E-state index in [2.05, 4.69) is 15.9 Å². The van der Waals surface area contributed by atoms with Crippen LogP contribution in [0.15, 0.2) is 40.9 Å². The summed E-state index contributed by atoms with van der Waals surface area (Å²) in [6.07, 6.45) is 0. The van der Waals surface area contributed by atoms with Gasteiger partial charge in [-0.05, 0) is 18.2 Å². The van der Waals surface area contributed by atoms with Gasteiger partial charge in [0.15, 0.2) is 0 Å². The van der Waals surface area contributed by atoms with Gasteiger partial charge in [0.1, 0.15) is 18.2 Å². The Morgan fingerprint density at radius 1 is 1.24 bits per heavy atom. The minimum Gasteiger partial charge on any atom is -0.488 e. The Balaban J connectivity index is 2.17. The monoisotopic (exact) mass is 354 g/mol. The molecule has 0 atom stereocenters. The van der Waals surface area contributed by atoms with Crippen molar-refractivity contribution >= 4 is 21.6 Å². The van der Waals surface area contributed by atoms with Crippen LogP contribution in [0.2, 0.25) is 0 Å². The van der Waals surface area contributed by atoms with Crippen LogP contribution in [0.3, 0.4) is 0 Å². The fourth-order valence-electron chi connectivity index (χ4n) is 1.77. The summed E-state index contributed by atoms with van der Waals surface area (Å²) in [5, 5.41) is 10.7. The van der Waals surface area contributed by atoms with Crippen LogP contribution in [0.5, 0.6) is 5.75 Å². The van der Waals surface area contributed by atoms with Gasteiger partial charge >= 0.3 is 0 Å². The lowest BCUT2D eigenvalue weighted by molar-refractivity contribution is -0.384. The van der Waals surface area contributed by atoms with E-state index in [0.29, 0.717) is 21.3 Å². The number of non-ortho nitro benzene ring substituents is 1. The Labute approximate surface area is 128 Å². The molecule has 0 fully saturated rings. The second kappa shape index (κ2) is 6.64. The molecule has 0 aliphatic carbocycles. The molecule has 0 spiro atoms. The van der Waals surface area contributed by atoms with Crippen LogP contribution in [-0.2, 0) is 13.2 Å². The summed E-state index contributed by atoms with van der Waals surface area (Å²) in [5.74, 6) is 0.0194. The van der Waals surface area contributed by atoms with Crippen LogP contribution < -0.4 is 10.5 Å². The minimum atomic E-state index is -0.503. The normalized spacial score (nSPS) is 10.4. The Morgan fingerprint density at radius 3 is 2.62 bits per heavy atom. The van der Waals surface area contributed by atoms with E-state index in [1.165, 1.54) is 24.3 Å². The Hall–Kier alpha value is -1.99. The first kappa shape index (κ1) is 15.4. The smallest absolute Gasteiger partial charge is 0.270 e. The number of hydrogen-bond donors (Lipinski definition) is 1. The molecular formula is C14H12BrFN2O3. The van der Waals surface area contributed by atoms with Gasteiger partial charge in [-0.1, -0.05) is 22.0 Å². The van der Waals surface area contributed by atoms with Crippen molar-refractivity contribution in [3.8, 4) is 5.75 Å². The van der Waals surface area contributed by atoms with E-state index in [9.17, 15) is 14.5 Å². The largest absolute Gasteiger partial charge is 0.488 e. The van der Waals surface area contributed by atoms with E-state index in [1.54, 1.807) is 12.1 Å². The highest BCUT2D eigenvalue weighted by atomic mass is 79.9. The molecule has 0 aliphatic rings. The van der Waals surface area contributed by atoms with Crippen molar-refractivity contribution in [1.29, 1.82) is 0 Å². The molecule has 2 aromatic rings. The second-order valence-electron chi connectivity index (χ2n) is 4.28. The van der Waals surface area contributed by atoms with Gasteiger partial charge in [0.25, 0.3) is 5.69 Å². The molecule has 7 heteroatoms. The third-order valence-electron chi connectivity index (χ3n) is 2.87. The molecule has 0 saturated heterocycles. The molecule has 0 unspecified atom stereocenters. The third-order valence-corrected chi connectivity index (χ3v) is 3.37. The average Bonchev–Trinajstić information content (AvgIpc) is 2.46. The van der Waals surface area contributed by atoms with Gasteiger partial charge < -0.3 is 10.5 Å². The van der Waals surface area contributed by atoms with Crippen molar-refractivity contribution in [1.82, 2.24) is 0 Å². The molecule has 110 valence electrons. The lowest BCUT2D eigenvalue weighted by Gasteiger charge is -2.11. The van der Waals surface area contributed by atoms with Gasteiger partial charge in [-0.15, -0.1) is 0 Å². The molecule has 0 bridgehead atoms. The SMILES string of the molecule is NCc1cc([N+](=O)[O-])ccc1OCc1ccc(Br)cc1F. The number of benzene rings is 2. The fourth-order valence-corrected chi connectivity index (χ4v) is 2.11. The lowest BCUT2D eigenvalue weighted by Crippen LogP contribution is -2.04. The maximum atomic E-state index is 13.7. The Bertz CT molecular complexity index is 679. The maximum Gasteiger partial charge on any atom is 0.270 e. The van der Waals surface area contributed by atoms with Crippen LogP contribution in [0.4, 0.5) is 10.1 Å². The summed E-state index contributed by atoms with van der Waals surface area (Å²) in [6, 6.07) is 8.81. The molecule has 0 heterocycles. The summed E-state index contributed by atoms with van der Waals surface area (Å²) in [7, 11) is 0. The highest BCUT2D eigenvalue weighted by molar-refractivity contribution is 9.10. The topological polar surface area (TPSA) is 78.4 Å². The summed E-state index contributed by atoms with van der Waals surface area (Å²) in [5.41, 5.74) is 6.39. The van der Waals surface area contributed by atoms with E-state index in [0.717, 1.165) is 0 Å². The van der Waals surface area contributed by atoms with Crippen molar-refractivity contribution in [3.63, 3.8) is 0 Å². The molecule has 0 saturated carbocycles. The molecule has 0 aliphatic heterocycles. The van der Waals surface area contributed by atoms with E-state index >= 15 is 0 Å². The molecule has 2 rings (SSSR count). The van der Waals surface area contributed by atoms with Gasteiger partial charge in [0, 0.05) is 34.3 Å². The molecular weight excluding hydrogens is 343 g/mol. The molecule has 21 heavy (non-hydrogen) atoms. The minimum absolute atomic E-state index is 0.0178. The predicted molar refractivity (Wildman–Crippen MR) is 79.4 cm³/mol. The lowest BCUT2D eigenvalue weighted by atomic mass is 10.1. The molecule has 0 aromatic heterocycles. The van der Waals surface area contributed by atoms with Gasteiger partial charge in [-0.2, -0.15) is 0 Å². The molecule has 0 radical (unpaired) electrons. The summed E-state index contributed by atoms with van der Waals surface area (Å²) >= 11 is 3.18. The van der Waals surface area contributed by atoms with Crippen LogP contribution in [-0.4, -0.2) is 4.92 Å². The summed E-state index contributed by atoms with van der Waals surface area (Å²) in [4.78, 5) is 10.2. The van der Waals surface area contributed by atoms with Crippen molar-refractivity contribution in [2.75, 3.05) is 0 Å². The highest BCUT2D eigenvalue weighted by Gasteiger charge is 2.11. The van der Waals surface area contributed by atoms with Crippen LogP contribution in [0.25, 0.3) is 0 Å². The molecule has 0 amide bonds. The van der Waals surface area contributed by atoms with Crippen LogP contribution in [0, 0.1) is 15.9 Å². The number of nitrogens with two attached hydrogens (primary N) is 1. The fraction of sp³-hybridized carbons (Fsp3) is 0.143. The quantitative estimate of drug-likeness (QED) is 0.657. The van der Waals surface area contributed by atoms with Crippen molar-refractivity contribution in [2.45, 2.75) is 13.2 Å². The van der Waals surface area contributed by atoms with Crippen molar-refractivity contribution < 1.29 is 14.1 Å². The van der Waals surface area contributed by atoms with E-state index in [-0.39, 0.29) is 24.7 Å². The van der Waals surface area contributed by atoms with E-state index in [1.807, 2.05) is 0 Å². The summed E-state index contributed by atoms with van der Waals surface area (Å²) in [6.45, 7) is 0.115. The zero-order valence-electron chi connectivity index (χ0n) is 10.9. The highest BCUT2D eigenvalue weighted by Crippen LogP contribution is 2.25. The first-order valence-corrected chi connectivity index (χ1v) is 6.84. The van der Waals surface area contributed by atoms with Gasteiger partial charge in [0.2, 0.25) is 0 Å². The third kappa shape index (κ3) is 3.77. The van der Waals surface area contributed by atoms with E-state index < -0.39 is 4.92 Å². The Kier molecular flexibility index (Phi) is 4.87. The van der Waals surface area contributed by atoms with Gasteiger partial charge in [-0.25, -0.2) is 4.39 Å². The number of hydrogen-bond acceptors (Lipinski definition) is 4. The second-order valence-corrected chi connectivity index (χ2v) is 5.19. The number of nitro groups is 1. The first-order chi connectivity index (χ1) is 10.0. The molecule has 2 aromatic carbocycles. The Morgan fingerprint density at radius 2 is 2.00 bits per heavy atom. The molecule has 5 nitrogen and oxygen atoms in total. The first-order valence-electron chi connectivity index (χ1n) is 6.05. The number of nitrogens with zero attached hydrogens (tertiary/aromatic N) is 1. The standard InChI is InChI=1S/C14H12BrFN2O3/c15-11-2-1-9(13(16)6-11)8-21-14-4-3-12(18(19)20)5-10(14)7-17/h1-6H,7-8,17H2. The van der Waals surface area contributed by atoms with Crippen molar-refractivity contribution in [2.24, 2.45) is 5.73 Å². The molecule has 2 N–H and O–H groups in total. The summed E-state index contributed by atoms with van der Waals surface area (Å²) < 4.78 is 19.8. The van der Waals surface area contributed by atoms with Crippen LogP contribution >= 0.6 is 15.9 Å². The number of nitro benzene ring substituents is 1. The average molecular weight is 355 g/mol. The van der Waals surface area contributed by atoms with Crippen LogP contribution in [0.1, 0.15) is 11.1 Å². The zero-order valence-corrected chi connectivity index (χ0v) is 12.5. The van der Waals surface area contributed by atoms with Crippen molar-refractivity contribution in [3.05, 3.63) is 67.9 Å². The number of ether oxygens (including phenoxy) is 1. The zero-order chi connectivity index (χ0) is 15.4. The number of rotatable bonds is 5. The van der Waals surface area contributed by atoms with Gasteiger partial charge in [-0.3, -0.25) is 10.1 Å². The maximum absolute atomic E-state index is 13.7. The predicted octanol–water partition coefficient (Wildman–Crippen LogP) is 3.53.